The summed E-state index contributed by atoms with van der Waals surface area (Å²) in [5.41, 5.74) is 7.65. The van der Waals surface area contributed by atoms with E-state index in [0.717, 1.165) is 16.5 Å². The maximum atomic E-state index is 11.5. The second-order valence-electron chi connectivity index (χ2n) is 4.59. The highest BCUT2D eigenvalue weighted by Gasteiger charge is 2.06. The first kappa shape index (κ1) is 13.1. The van der Waals surface area contributed by atoms with Crippen molar-refractivity contribution < 1.29 is 4.79 Å². The van der Waals surface area contributed by atoms with Crippen molar-refractivity contribution >= 4 is 28.1 Å². The molecule has 2 rings (SSSR count). The predicted octanol–water partition coefficient (Wildman–Crippen LogP) is 1.71. The van der Waals surface area contributed by atoms with E-state index in [9.17, 15) is 4.79 Å². The fourth-order valence-corrected chi connectivity index (χ4v) is 1.87. The van der Waals surface area contributed by atoms with E-state index < -0.39 is 0 Å². The first-order valence-corrected chi connectivity index (χ1v) is 6.16. The van der Waals surface area contributed by atoms with Gasteiger partial charge in [0.15, 0.2) is 0 Å². The van der Waals surface area contributed by atoms with Crippen LogP contribution in [-0.4, -0.2) is 36.4 Å². The summed E-state index contributed by atoms with van der Waals surface area (Å²) in [6, 6.07) is 5.77. The molecule has 0 aliphatic heterocycles. The van der Waals surface area contributed by atoms with Crippen molar-refractivity contribution in [3.05, 3.63) is 30.6 Å². The molecule has 1 aromatic heterocycles. The molecule has 5 heteroatoms. The van der Waals surface area contributed by atoms with Crippen LogP contribution in [0.5, 0.6) is 0 Å². The quantitative estimate of drug-likeness (QED) is 0.819. The summed E-state index contributed by atoms with van der Waals surface area (Å²) in [4.78, 5) is 17.1. The number of anilines is 2. The number of hydrogen-bond acceptors (Lipinski definition) is 4. The molecule has 0 spiro atoms. The lowest BCUT2D eigenvalue weighted by Crippen LogP contribution is -2.24. The molecule has 0 atom stereocenters. The first-order chi connectivity index (χ1) is 9.09. The number of pyridine rings is 1. The normalized spacial score (nSPS) is 10.4. The molecule has 0 unspecified atom stereocenters. The monoisotopic (exact) mass is 258 g/mol. The van der Waals surface area contributed by atoms with Gasteiger partial charge in [-0.25, -0.2) is 0 Å². The number of rotatable bonds is 4. The van der Waals surface area contributed by atoms with Gasteiger partial charge >= 0.3 is 0 Å². The smallest absolute Gasteiger partial charge is 0.223 e. The SMILES string of the molecule is CN(C)C(=O)CCNc1ccc2cnccc2c1N. The van der Waals surface area contributed by atoms with Crippen molar-refractivity contribution in [3.8, 4) is 0 Å². The Morgan fingerprint density at radius 1 is 1.37 bits per heavy atom. The molecule has 5 nitrogen and oxygen atoms in total. The van der Waals surface area contributed by atoms with Crippen molar-refractivity contribution in [2.24, 2.45) is 0 Å². The summed E-state index contributed by atoms with van der Waals surface area (Å²) in [5.74, 6) is 0.0936. The Balaban J connectivity index is 2.09. The summed E-state index contributed by atoms with van der Waals surface area (Å²) in [6.45, 7) is 0.567. The van der Waals surface area contributed by atoms with E-state index >= 15 is 0 Å². The van der Waals surface area contributed by atoms with Crippen molar-refractivity contribution in [2.45, 2.75) is 6.42 Å². The molecule has 0 aliphatic carbocycles. The average Bonchev–Trinajstić information content (AvgIpc) is 2.41. The number of hydrogen-bond donors (Lipinski definition) is 2. The fraction of sp³-hybridized carbons (Fsp3) is 0.286. The van der Waals surface area contributed by atoms with E-state index in [1.54, 1.807) is 31.4 Å². The first-order valence-electron chi connectivity index (χ1n) is 6.16. The van der Waals surface area contributed by atoms with E-state index in [4.69, 9.17) is 5.73 Å². The minimum atomic E-state index is 0.0936. The summed E-state index contributed by atoms with van der Waals surface area (Å²) in [7, 11) is 3.50. The van der Waals surface area contributed by atoms with Gasteiger partial charge in [0.2, 0.25) is 5.91 Å². The van der Waals surface area contributed by atoms with E-state index in [2.05, 4.69) is 10.3 Å². The highest BCUT2D eigenvalue weighted by atomic mass is 16.2. The van der Waals surface area contributed by atoms with Gasteiger partial charge in [-0.3, -0.25) is 9.78 Å². The third-order valence-electron chi connectivity index (χ3n) is 3.01. The number of carbonyl (C=O) groups is 1. The highest BCUT2D eigenvalue weighted by molar-refractivity contribution is 5.98. The van der Waals surface area contributed by atoms with Crippen molar-refractivity contribution in [3.63, 3.8) is 0 Å². The summed E-state index contributed by atoms with van der Waals surface area (Å²) < 4.78 is 0. The Bertz CT molecular complexity index is 595. The number of nitrogens with zero attached hydrogens (tertiary/aromatic N) is 2. The Morgan fingerprint density at radius 2 is 2.16 bits per heavy atom. The molecule has 0 radical (unpaired) electrons. The Labute approximate surface area is 112 Å². The van der Waals surface area contributed by atoms with Crippen LogP contribution in [0.1, 0.15) is 6.42 Å². The van der Waals surface area contributed by atoms with Gasteiger partial charge in [-0.1, -0.05) is 6.07 Å². The maximum absolute atomic E-state index is 11.5. The van der Waals surface area contributed by atoms with Gasteiger partial charge in [-0.15, -0.1) is 0 Å². The Morgan fingerprint density at radius 3 is 2.89 bits per heavy atom. The van der Waals surface area contributed by atoms with Gasteiger partial charge in [0.25, 0.3) is 0 Å². The summed E-state index contributed by atoms with van der Waals surface area (Å²) >= 11 is 0. The number of carbonyl (C=O) groups excluding carboxylic acids is 1. The van der Waals surface area contributed by atoms with E-state index in [1.807, 2.05) is 18.2 Å². The molecule has 0 aliphatic rings. The van der Waals surface area contributed by atoms with Crippen LogP contribution in [0.25, 0.3) is 10.8 Å². The molecule has 0 fully saturated rings. The summed E-state index contributed by atoms with van der Waals surface area (Å²) in [6.07, 6.45) is 3.95. The van der Waals surface area contributed by atoms with Crippen LogP contribution in [0.15, 0.2) is 30.6 Å². The number of nitrogens with one attached hydrogen (secondary N) is 1. The molecule has 0 saturated carbocycles. The number of aromatic nitrogens is 1. The van der Waals surface area contributed by atoms with Crippen LogP contribution in [0.3, 0.4) is 0 Å². The Hall–Kier alpha value is -2.30. The van der Waals surface area contributed by atoms with Crippen LogP contribution in [0, 0.1) is 0 Å². The van der Waals surface area contributed by atoms with Gasteiger partial charge in [0, 0.05) is 50.2 Å². The van der Waals surface area contributed by atoms with Crippen LogP contribution in [-0.2, 0) is 4.79 Å². The van der Waals surface area contributed by atoms with Gasteiger partial charge in [-0.2, -0.15) is 0 Å². The maximum Gasteiger partial charge on any atom is 0.223 e. The lowest BCUT2D eigenvalue weighted by Gasteiger charge is -2.13. The minimum Gasteiger partial charge on any atom is -0.397 e. The molecule has 1 amide bonds. The second-order valence-corrected chi connectivity index (χ2v) is 4.59. The predicted molar refractivity (Wildman–Crippen MR) is 78.0 cm³/mol. The molecular weight excluding hydrogens is 240 g/mol. The number of fused-ring (bicyclic) bond motifs is 1. The van der Waals surface area contributed by atoms with Crippen LogP contribution >= 0.6 is 0 Å². The van der Waals surface area contributed by atoms with Crippen molar-refractivity contribution in [2.75, 3.05) is 31.7 Å². The van der Waals surface area contributed by atoms with Crippen molar-refractivity contribution in [1.29, 1.82) is 0 Å². The van der Waals surface area contributed by atoms with Gasteiger partial charge in [0.05, 0.1) is 11.4 Å². The minimum absolute atomic E-state index is 0.0936. The molecule has 1 aromatic carbocycles. The number of amides is 1. The number of benzene rings is 1. The third kappa shape index (κ3) is 2.93. The van der Waals surface area contributed by atoms with Crippen LogP contribution < -0.4 is 11.1 Å². The molecule has 1 heterocycles. The van der Waals surface area contributed by atoms with Gasteiger partial charge in [0.1, 0.15) is 0 Å². The van der Waals surface area contributed by atoms with Crippen LogP contribution in [0.4, 0.5) is 11.4 Å². The topological polar surface area (TPSA) is 71.2 Å². The summed E-state index contributed by atoms with van der Waals surface area (Å²) in [5, 5.41) is 5.18. The standard InChI is InChI=1S/C14H18N4O/c1-18(2)13(19)6-8-17-12-4-3-10-9-16-7-5-11(10)14(12)15/h3-5,7,9,17H,6,8,15H2,1-2H3. The Kier molecular flexibility index (Phi) is 3.85. The molecule has 19 heavy (non-hydrogen) atoms. The lowest BCUT2D eigenvalue weighted by molar-refractivity contribution is -0.128. The molecule has 3 N–H and O–H groups in total. The molecule has 0 bridgehead atoms. The number of nitrogen functional groups attached to an aromatic ring is 1. The highest BCUT2D eigenvalue weighted by Crippen LogP contribution is 2.27. The van der Waals surface area contributed by atoms with E-state index in [0.29, 0.717) is 18.7 Å². The number of nitrogens with two attached hydrogens (primary N) is 1. The second kappa shape index (κ2) is 5.56. The molecule has 0 saturated heterocycles. The van der Waals surface area contributed by atoms with Gasteiger partial charge < -0.3 is 16.0 Å². The molecular formula is C14H18N4O. The molecule has 2 aromatic rings. The zero-order valence-electron chi connectivity index (χ0n) is 11.2. The zero-order valence-corrected chi connectivity index (χ0v) is 11.2. The average molecular weight is 258 g/mol. The molecule has 100 valence electrons. The van der Waals surface area contributed by atoms with Crippen LogP contribution in [0.2, 0.25) is 0 Å². The lowest BCUT2D eigenvalue weighted by atomic mass is 10.1. The fourth-order valence-electron chi connectivity index (χ4n) is 1.87. The van der Waals surface area contributed by atoms with Crippen molar-refractivity contribution in [1.82, 2.24) is 9.88 Å². The largest absolute Gasteiger partial charge is 0.397 e. The zero-order chi connectivity index (χ0) is 13.8. The van der Waals surface area contributed by atoms with Gasteiger partial charge in [-0.05, 0) is 12.1 Å². The van der Waals surface area contributed by atoms with E-state index in [-0.39, 0.29) is 5.91 Å². The third-order valence-corrected chi connectivity index (χ3v) is 3.01. The van der Waals surface area contributed by atoms with E-state index in [1.165, 1.54) is 0 Å².